The van der Waals surface area contributed by atoms with Crippen LogP contribution in [0.4, 0.5) is 5.69 Å². The van der Waals surface area contributed by atoms with E-state index in [1.54, 1.807) is 35.4 Å². The van der Waals surface area contributed by atoms with Gasteiger partial charge in [0.05, 0.1) is 28.6 Å². The summed E-state index contributed by atoms with van der Waals surface area (Å²) in [6.07, 6.45) is 9.42. The number of rotatable bonds is 3. The number of carbonyl (C=O) groups is 1. The SMILES string of the molecule is NC1C=CC(C(=O)Nc2cccc(Cl)c2-n2ccnc2)C1. The first kappa shape index (κ1) is 13.9. The van der Waals surface area contributed by atoms with E-state index in [-0.39, 0.29) is 17.9 Å². The number of halogens is 1. The third kappa shape index (κ3) is 2.84. The van der Waals surface area contributed by atoms with Gasteiger partial charge in [-0.25, -0.2) is 4.98 Å². The molecule has 0 fully saturated rings. The molecule has 21 heavy (non-hydrogen) atoms. The topological polar surface area (TPSA) is 72.9 Å². The van der Waals surface area contributed by atoms with Crippen LogP contribution in [0.5, 0.6) is 0 Å². The minimum atomic E-state index is -0.199. The number of para-hydroxylation sites is 1. The van der Waals surface area contributed by atoms with Crippen molar-refractivity contribution in [3.05, 3.63) is 54.1 Å². The third-order valence-corrected chi connectivity index (χ3v) is 3.77. The molecule has 0 spiro atoms. The standard InChI is InChI=1S/C15H15ClN4O/c16-12-2-1-3-13(14(12)20-7-6-18-9-20)19-15(21)10-4-5-11(17)8-10/h1-7,9-11H,8,17H2,(H,19,21). The molecule has 1 aromatic carbocycles. The Morgan fingerprint density at radius 1 is 1.43 bits per heavy atom. The fraction of sp³-hybridized carbons (Fsp3) is 0.200. The molecule has 5 nitrogen and oxygen atoms in total. The van der Waals surface area contributed by atoms with Crippen molar-refractivity contribution in [3.8, 4) is 5.69 Å². The third-order valence-electron chi connectivity index (χ3n) is 3.46. The van der Waals surface area contributed by atoms with Crippen LogP contribution in [0.2, 0.25) is 5.02 Å². The maximum absolute atomic E-state index is 12.3. The molecule has 0 aliphatic heterocycles. The van der Waals surface area contributed by atoms with Gasteiger partial charge in [0, 0.05) is 18.4 Å². The van der Waals surface area contributed by atoms with Crippen molar-refractivity contribution in [3.63, 3.8) is 0 Å². The monoisotopic (exact) mass is 302 g/mol. The van der Waals surface area contributed by atoms with Gasteiger partial charge >= 0.3 is 0 Å². The van der Waals surface area contributed by atoms with Gasteiger partial charge < -0.3 is 15.6 Å². The molecular formula is C15H15ClN4O. The Morgan fingerprint density at radius 3 is 2.95 bits per heavy atom. The highest BCUT2D eigenvalue weighted by molar-refractivity contribution is 6.33. The lowest BCUT2D eigenvalue weighted by atomic mass is 10.1. The van der Waals surface area contributed by atoms with Gasteiger partial charge in [-0.15, -0.1) is 0 Å². The average molecular weight is 303 g/mol. The number of amides is 1. The van der Waals surface area contributed by atoms with Crippen LogP contribution in [0.3, 0.4) is 0 Å². The summed E-state index contributed by atoms with van der Waals surface area (Å²) < 4.78 is 1.77. The summed E-state index contributed by atoms with van der Waals surface area (Å²) in [5.41, 5.74) is 7.14. The van der Waals surface area contributed by atoms with E-state index >= 15 is 0 Å². The first-order chi connectivity index (χ1) is 10.1. The summed E-state index contributed by atoms with van der Waals surface area (Å²) in [5, 5.41) is 3.47. The Kier molecular flexibility index (Phi) is 3.77. The molecule has 2 atom stereocenters. The summed E-state index contributed by atoms with van der Waals surface area (Å²) >= 11 is 6.25. The fourth-order valence-electron chi connectivity index (χ4n) is 2.42. The first-order valence-electron chi connectivity index (χ1n) is 6.67. The van der Waals surface area contributed by atoms with E-state index in [9.17, 15) is 4.79 Å². The van der Waals surface area contributed by atoms with Gasteiger partial charge in [-0.2, -0.15) is 0 Å². The molecule has 0 bridgehead atoms. The van der Waals surface area contributed by atoms with E-state index in [1.807, 2.05) is 18.2 Å². The van der Waals surface area contributed by atoms with E-state index in [1.165, 1.54) is 0 Å². The molecule has 1 aromatic heterocycles. The van der Waals surface area contributed by atoms with E-state index in [0.717, 1.165) is 0 Å². The van der Waals surface area contributed by atoms with Crippen molar-refractivity contribution in [1.29, 1.82) is 0 Å². The van der Waals surface area contributed by atoms with E-state index < -0.39 is 0 Å². The number of nitrogens with two attached hydrogens (primary N) is 1. The van der Waals surface area contributed by atoms with Gasteiger partial charge in [-0.05, 0) is 18.6 Å². The van der Waals surface area contributed by atoms with Crippen molar-refractivity contribution in [2.24, 2.45) is 11.7 Å². The minimum Gasteiger partial charge on any atom is -0.324 e. The predicted molar refractivity (Wildman–Crippen MR) is 82.4 cm³/mol. The van der Waals surface area contributed by atoms with Crippen LogP contribution in [-0.4, -0.2) is 21.5 Å². The molecule has 0 radical (unpaired) electrons. The Bertz CT molecular complexity index is 681. The van der Waals surface area contributed by atoms with E-state index in [0.29, 0.717) is 22.8 Å². The predicted octanol–water partition coefficient (Wildman–Crippen LogP) is 2.37. The second-order valence-corrected chi connectivity index (χ2v) is 5.39. The number of hydrogen-bond acceptors (Lipinski definition) is 3. The summed E-state index contributed by atoms with van der Waals surface area (Å²) in [6, 6.07) is 5.35. The van der Waals surface area contributed by atoms with E-state index in [4.69, 9.17) is 17.3 Å². The molecule has 1 aliphatic carbocycles. The number of nitrogens with zero attached hydrogens (tertiary/aromatic N) is 2. The zero-order chi connectivity index (χ0) is 14.8. The van der Waals surface area contributed by atoms with Gasteiger partial charge in [-0.3, -0.25) is 4.79 Å². The van der Waals surface area contributed by atoms with Gasteiger partial charge in [0.2, 0.25) is 5.91 Å². The van der Waals surface area contributed by atoms with Crippen LogP contribution in [0.25, 0.3) is 5.69 Å². The number of anilines is 1. The van der Waals surface area contributed by atoms with Crippen molar-refractivity contribution < 1.29 is 4.79 Å². The number of benzene rings is 1. The molecular weight excluding hydrogens is 288 g/mol. The Morgan fingerprint density at radius 2 is 2.29 bits per heavy atom. The molecule has 1 heterocycles. The second kappa shape index (κ2) is 5.71. The van der Waals surface area contributed by atoms with Crippen molar-refractivity contribution in [1.82, 2.24) is 9.55 Å². The fourth-order valence-corrected chi connectivity index (χ4v) is 2.69. The number of nitrogens with one attached hydrogen (secondary N) is 1. The van der Waals surface area contributed by atoms with Gasteiger partial charge in [0.1, 0.15) is 0 Å². The zero-order valence-electron chi connectivity index (χ0n) is 11.2. The second-order valence-electron chi connectivity index (χ2n) is 4.99. The number of imidazole rings is 1. The lowest BCUT2D eigenvalue weighted by Crippen LogP contribution is -2.24. The molecule has 2 unspecified atom stereocenters. The van der Waals surface area contributed by atoms with Crippen LogP contribution in [0, 0.1) is 5.92 Å². The maximum atomic E-state index is 12.3. The highest BCUT2D eigenvalue weighted by Crippen LogP contribution is 2.29. The van der Waals surface area contributed by atoms with E-state index in [2.05, 4.69) is 10.3 Å². The molecule has 1 aliphatic rings. The number of carbonyl (C=O) groups excluding carboxylic acids is 1. The van der Waals surface area contributed by atoms with Crippen molar-refractivity contribution in [2.45, 2.75) is 12.5 Å². The molecule has 0 saturated carbocycles. The molecule has 2 aromatic rings. The highest BCUT2D eigenvalue weighted by atomic mass is 35.5. The highest BCUT2D eigenvalue weighted by Gasteiger charge is 2.23. The van der Waals surface area contributed by atoms with Crippen LogP contribution in [0.1, 0.15) is 6.42 Å². The molecule has 108 valence electrons. The molecule has 6 heteroatoms. The Balaban J connectivity index is 1.88. The number of hydrogen-bond donors (Lipinski definition) is 2. The van der Waals surface area contributed by atoms with Crippen LogP contribution in [-0.2, 0) is 4.79 Å². The first-order valence-corrected chi connectivity index (χ1v) is 7.04. The molecule has 0 saturated heterocycles. The van der Waals surface area contributed by atoms with Crippen LogP contribution in [0.15, 0.2) is 49.1 Å². The molecule has 1 amide bonds. The van der Waals surface area contributed by atoms with Gasteiger partial charge in [-0.1, -0.05) is 29.8 Å². The Labute approximate surface area is 127 Å². The minimum absolute atomic E-state index is 0.0479. The van der Waals surface area contributed by atoms with Crippen molar-refractivity contribution in [2.75, 3.05) is 5.32 Å². The normalized spacial score (nSPS) is 20.7. The largest absolute Gasteiger partial charge is 0.324 e. The van der Waals surface area contributed by atoms with Gasteiger partial charge in [0.15, 0.2) is 0 Å². The Hall–Kier alpha value is -2.11. The smallest absolute Gasteiger partial charge is 0.231 e. The van der Waals surface area contributed by atoms with Gasteiger partial charge in [0.25, 0.3) is 0 Å². The average Bonchev–Trinajstić information content (AvgIpc) is 3.10. The maximum Gasteiger partial charge on any atom is 0.231 e. The van der Waals surface area contributed by atoms with Crippen LogP contribution >= 0.6 is 11.6 Å². The summed E-state index contributed by atoms with van der Waals surface area (Å²) in [5.74, 6) is -0.280. The lowest BCUT2D eigenvalue weighted by Gasteiger charge is -2.15. The van der Waals surface area contributed by atoms with Crippen LogP contribution < -0.4 is 11.1 Å². The zero-order valence-corrected chi connectivity index (χ0v) is 12.0. The summed E-state index contributed by atoms with van der Waals surface area (Å²) in [4.78, 5) is 16.3. The number of aromatic nitrogens is 2. The van der Waals surface area contributed by atoms with Crippen molar-refractivity contribution >= 4 is 23.2 Å². The lowest BCUT2D eigenvalue weighted by molar-refractivity contribution is -0.118. The molecule has 3 rings (SSSR count). The molecule has 3 N–H and O–H groups in total. The quantitative estimate of drug-likeness (QED) is 0.855. The summed E-state index contributed by atoms with van der Waals surface area (Å²) in [7, 11) is 0. The summed E-state index contributed by atoms with van der Waals surface area (Å²) in [6.45, 7) is 0.